The maximum Gasteiger partial charge on any atom is 0.254 e. The van der Waals surface area contributed by atoms with Crippen LogP contribution in [-0.2, 0) is 0 Å². The molecule has 7 heteroatoms. The summed E-state index contributed by atoms with van der Waals surface area (Å²) in [5, 5.41) is 15.9. The minimum absolute atomic E-state index is 0.135. The number of nitrogens with two attached hydrogens (primary N) is 1. The first kappa shape index (κ1) is 15.5. The zero-order valence-electron chi connectivity index (χ0n) is 12.5. The number of anilines is 2. The van der Waals surface area contributed by atoms with E-state index in [1.165, 1.54) is 6.20 Å². The summed E-state index contributed by atoms with van der Waals surface area (Å²) >= 11 is 0. The molecule has 0 spiro atoms. The van der Waals surface area contributed by atoms with Crippen LogP contribution in [0.1, 0.15) is 49.9 Å². The van der Waals surface area contributed by atoms with Crippen LogP contribution >= 0.6 is 0 Å². The summed E-state index contributed by atoms with van der Waals surface area (Å²) in [4.78, 5) is 19.9. The summed E-state index contributed by atoms with van der Waals surface area (Å²) in [5.41, 5.74) is 5.62. The van der Waals surface area contributed by atoms with E-state index in [9.17, 15) is 9.90 Å². The molecule has 1 heterocycles. The van der Waals surface area contributed by atoms with Crippen molar-refractivity contribution in [3.8, 4) is 0 Å². The van der Waals surface area contributed by atoms with Gasteiger partial charge in [0.1, 0.15) is 5.82 Å². The van der Waals surface area contributed by atoms with E-state index in [-0.39, 0.29) is 23.8 Å². The summed E-state index contributed by atoms with van der Waals surface area (Å²) in [6.07, 6.45) is 4.59. The van der Waals surface area contributed by atoms with Crippen LogP contribution in [0, 0.1) is 0 Å². The Balaban J connectivity index is 2.11. The van der Waals surface area contributed by atoms with Crippen LogP contribution in [0.3, 0.4) is 0 Å². The first-order valence-electron chi connectivity index (χ1n) is 7.33. The van der Waals surface area contributed by atoms with E-state index in [1.54, 1.807) is 0 Å². The Kier molecular flexibility index (Phi) is 4.95. The molecule has 0 atom stereocenters. The zero-order valence-corrected chi connectivity index (χ0v) is 12.5. The fourth-order valence-electron chi connectivity index (χ4n) is 2.42. The Morgan fingerprint density at radius 3 is 2.62 bits per heavy atom. The van der Waals surface area contributed by atoms with Crippen molar-refractivity contribution in [2.45, 2.75) is 57.7 Å². The number of hydrogen-bond acceptors (Lipinski definition) is 6. The molecule has 0 radical (unpaired) electrons. The average Bonchev–Trinajstić information content (AvgIpc) is 2.40. The fourth-order valence-corrected chi connectivity index (χ4v) is 2.42. The number of rotatable bonds is 5. The van der Waals surface area contributed by atoms with Gasteiger partial charge in [0.15, 0.2) is 0 Å². The lowest BCUT2D eigenvalue weighted by atomic mass is 9.93. The van der Waals surface area contributed by atoms with Gasteiger partial charge in [0.2, 0.25) is 5.95 Å². The Bertz CT molecular complexity index is 498. The van der Waals surface area contributed by atoms with Gasteiger partial charge in [-0.2, -0.15) is 4.98 Å². The van der Waals surface area contributed by atoms with Crippen molar-refractivity contribution in [2.75, 3.05) is 10.6 Å². The molecule has 1 aromatic rings. The maximum atomic E-state index is 11.4. The van der Waals surface area contributed by atoms with Gasteiger partial charge in [-0.15, -0.1) is 0 Å². The number of aliphatic hydroxyl groups excluding tert-OH is 1. The minimum atomic E-state index is -0.550. The van der Waals surface area contributed by atoms with E-state index in [2.05, 4.69) is 20.6 Å². The highest BCUT2D eigenvalue weighted by molar-refractivity contribution is 5.97. The summed E-state index contributed by atoms with van der Waals surface area (Å²) in [6.45, 7) is 3.92. The third-order valence-corrected chi connectivity index (χ3v) is 3.51. The first-order valence-corrected chi connectivity index (χ1v) is 7.33. The summed E-state index contributed by atoms with van der Waals surface area (Å²) in [6, 6.07) is 0.385. The summed E-state index contributed by atoms with van der Waals surface area (Å²) in [5.74, 6) is 0.376. The van der Waals surface area contributed by atoms with Gasteiger partial charge in [0, 0.05) is 18.3 Å². The Morgan fingerprint density at radius 1 is 1.38 bits per heavy atom. The van der Waals surface area contributed by atoms with Crippen molar-refractivity contribution in [1.29, 1.82) is 0 Å². The molecular formula is C14H23N5O2. The number of hydrogen-bond donors (Lipinski definition) is 4. The molecule has 1 fully saturated rings. The van der Waals surface area contributed by atoms with Crippen LogP contribution in [0.4, 0.5) is 11.8 Å². The van der Waals surface area contributed by atoms with Crippen molar-refractivity contribution in [3.63, 3.8) is 0 Å². The van der Waals surface area contributed by atoms with E-state index in [1.807, 2.05) is 13.8 Å². The molecule has 1 aromatic heterocycles. The average molecular weight is 293 g/mol. The van der Waals surface area contributed by atoms with Crippen molar-refractivity contribution in [1.82, 2.24) is 9.97 Å². The second kappa shape index (κ2) is 6.71. The molecule has 0 unspecified atom stereocenters. The van der Waals surface area contributed by atoms with E-state index in [4.69, 9.17) is 5.73 Å². The largest absolute Gasteiger partial charge is 0.393 e. The molecule has 1 aliphatic rings. The van der Waals surface area contributed by atoms with E-state index in [0.29, 0.717) is 11.8 Å². The van der Waals surface area contributed by atoms with E-state index in [0.717, 1.165) is 25.7 Å². The van der Waals surface area contributed by atoms with Crippen LogP contribution < -0.4 is 16.4 Å². The molecule has 5 N–H and O–H groups in total. The smallest absolute Gasteiger partial charge is 0.254 e. The van der Waals surface area contributed by atoms with Crippen LogP contribution in [-0.4, -0.2) is 39.2 Å². The van der Waals surface area contributed by atoms with Crippen molar-refractivity contribution < 1.29 is 9.90 Å². The Hall–Kier alpha value is -1.89. The monoisotopic (exact) mass is 293 g/mol. The lowest BCUT2D eigenvalue weighted by Crippen LogP contribution is -2.29. The molecule has 21 heavy (non-hydrogen) atoms. The van der Waals surface area contributed by atoms with Crippen molar-refractivity contribution >= 4 is 17.7 Å². The van der Waals surface area contributed by atoms with Crippen LogP contribution in [0.15, 0.2) is 6.20 Å². The van der Waals surface area contributed by atoms with Gasteiger partial charge < -0.3 is 21.5 Å². The SMILES string of the molecule is CC(C)Nc1nc(NC2CCC(O)CC2)ncc1C(N)=O. The predicted molar refractivity (Wildman–Crippen MR) is 81.2 cm³/mol. The number of aromatic nitrogens is 2. The van der Waals surface area contributed by atoms with Crippen LogP contribution in [0.25, 0.3) is 0 Å². The van der Waals surface area contributed by atoms with Gasteiger partial charge in [-0.1, -0.05) is 0 Å². The maximum absolute atomic E-state index is 11.4. The summed E-state index contributed by atoms with van der Waals surface area (Å²) in [7, 11) is 0. The van der Waals surface area contributed by atoms with Gasteiger partial charge in [-0.05, 0) is 39.5 Å². The standard InChI is InChI=1S/C14H23N5O2/c1-8(2)17-13-11(12(15)21)7-16-14(19-13)18-9-3-5-10(20)6-4-9/h7-10,20H,3-6H2,1-2H3,(H2,15,21)(H2,16,17,18,19). The fraction of sp³-hybridized carbons (Fsp3) is 0.643. The van der Waals surface area contributed by atoms with Crippen LogP contribution in [0.5, 0.6) is 0 Å². The van der Waals surface area contributed by atoms with E-state index < -0.39 is 5.91 Å². The highest BCUT2D eigenvalue weighted by Gasteiger charge is 2.20. The first-order chi connectivity index (χ1) is 9.95. The lowest BCUT2D eigenvalue weighted by molar-refractivity contribution is 0.100. The Morgan fingerprint density at radius 2 is 2.05 bits per heavy atom. The number of nitrogens with one attached hydrogen (secondary N) is 2. The minimum Gasteiger partial charge on any atom is -0.393 e. The quantitative estimate of drug-likeness (QED) is 0.647. The van der Waals surface area contributed by atoms with Gasteiger partial charge in [0.25, 0.3) is 5.91 Å². The number of carbonyl (C=O) groups excluding carboxylic acids is 1. The van der Waals surface area contributed by atoms with Gasteiger partial charge in [-0.25, -0.2) is 4.98 Å². The van der Waals surface area contributed by atoms with Crippen molar-refractivity contribution in [2.24, 2.45) is 5.73 Å². The normalized spacial score (nSPS) is 22.1. The highest BCUT2D eigenvalue weighted by Crippen LogP contribution is 2.22. The molecular weight excluding hydrogens is 270 g/mol. The number of carbonyl (C=O) groups is 1. The van der Waals surface area contributed by atoms with Crippen LogP contribution in [0.2, 0.25) is 0 Å². The second-order valence-electron chi connectivity index (χ2n) is 5.77. The summed E-state index contributed by atoms with van der Waals surface area (Å²) < 4.78 is 0. The molecule has 0 aromatic carbocycles. The lowest BCUT2D eigenvalue weighted by Gasteiger charge is -2.26. The molecule has 116 valence electrons. The predicted octanol–water partition coefficient (Wildman–Crippen LogP) is 1.11. The molecule has 2 rings (SSSR count). The molecule has 7 nitrogen and oxygen atoms in total. The number of amides is 1. The number of aliphatic hydroxyl groups is 1. The van der Waals surface area contributed by atoms with Gasteiger partial charge >= 0.3 is 0 Å². The molecule has 1 aliphatic carbocycles. The topological polar surface area (TPSA) is 113 Å². The van der Waals surface area contributed by atoms with Gasteiger partial charge in [0.05, 0.1) is 11.7 Å². The number of primary amides is 1. The van der Waals surface area contributed by atoms with Crippen molar-refractivity contribution in [3.05, 3.63) is 11.8 Å². The molecule has 1 amide bonds. The second-order valence-corrected chi connectivity index (χ2v) is 5.77. The van der Waals surface area contributed by atoms with E-state index >= 15 is 0 Å². The molecule has 1 saturated carbocycles. The Labute approximate surface area is 124 Å². The third-order valence-electron chi connectivity index (χ3n) is 3.51. The molecule has 0 bridgehead atoms. The van der Waals surface area contributed by atoms with Gasteiger partial charge in [-0.3, -0.25) is 4.79 Å². The third kappa shape index (κ3) is 4.29. The zero-order chi connectivity index (χ0) is 15.4. The number of nitrogens with zero attached hydrogens (tertiary/aromatic N) is 2. The highest BCUT2D eigenvalue weighted by atomic mass is 16.3. The molecule has 0 saturated heterocycles. The molecule has 0 aliphatic heterocycles.